The summed E-state index contributed by atoms with van der Waals surface area (Å²) in [6.45, 7) is 1.33. The van der Waals surface area contributed by atoms with Gasteiger partial charge in [-0.1, -0.05) is 0 Å². The Kier molecular flexibility index (Phi) is 3.24. The van der Waals surface area contributed by atoms with E-state index in [9.17, 15) is 4.79 Å². The molecular formula is C9H10N2OSe2. The molecule has 0 bridgehead atoms. The zero-order valence-corrected chi connectivity index (χ0v) is 11.0. The molecule has 0 saturated carbocycles. The fourth-order valence-electron chi connectivity index (χ4n) is 1.28. The van der Waals surface area contributed by atoms with Crippen LogP contribution >= 0.6 is 0 Å². The minimum absolute atomic E-state index is 0.206. The third kappa shape index (κ3) is 2.18. The molecule has 0 spiro atoms. The number of amidine groups is 1. The van der Waals surface area contributed by atoms with Gasteiger partial charge in [0.2, 0.25) is 0 Å². The van der Waals surface area contributed by atoms with Crippen molar-refractivity contribution in [1.29, 1.82) is 5.41 Å². The van der Waals surface area contributed by atoms with Crippen LogP contribution in [0.2, 0.25) is 5.32 Å². The Morgan fingerprint density at radius 2 is 2.50 bits per heavy atom. The molecule has 2 heterocycles. The molecule has 1 aromatic heterocycles. The summed E-state index contributed by atoms with van der Waals surface area (Å²) in [7, 11) is 0. The zero-order chi connectivity index (χ0) is 9.97. The molecule has 0 unspecified atom stereocenters. The van der Waals surface area contributed by atoms with Crippen LogP contribution < -0.4 is 0 Å². The Morgan fingerprint density at radius 3 is 3.07 bits per heavy atom. The van der Waals surface area contributed by atoms with Gasteiger partial charge in [0.1, 0.15) is 0 Å². The van der Waals surface area contributed by atoms with Crippen LogP contribution in [-0.4, -0.2) is 58.0 Å². The van der Waals surface area contributed by atoms with Crippen molar-refractivity contribution in [2.45, 2.75) is 5.32 Å². The topological polar surface area (TPSA) is 44.2 Å². The maximum atomic E-state index is 11.7. The Morgan fingerprint density at radius 1 is 1.64 bits per heavy atom. The van der Waals surface area contributed by atoms with Crippen molar-refractivity contribution in [3.05, 3.63) is 21.5 Å². The SMILES string of the molecule is N=C1[Se]CCN1CC(=O)c1ccc[se]1. The van der Waals surface area contributed by atoms with E-state index in [1.54, 1.807) is 0 Å². The van der Waals surface area contributed by atoms with Crippen LogP contribution in [0.1, 0.15) is 9.23 Å². The molecule has 74 valence electrons. The van der Waals surface area contributed by atoms with Gasteiger partial charge < -0.3 is 0 Å². The second-order valence-corrected chi connectivity index (χ2v) is 7.24. The molecule has 3 nitrogen and oxygen atoms in total. The van der Waals surface area contributed by atoms with E-state index in [0.29, 0.717) is 26.2 Å². The van der Waals surface area contributed by atoms with Crippen LogP contribution in [0.15, 0.2) is 17.1 Å². The number of carbonyl (C=O) groups excluding carboxylic acids is 1. The normalized spacial score (nSPS) is 16.3. The molecule has 1 saturated heterocycles. The Bertz CT molecular complexity index is 348. The predicted molar refractivity (Wildman–Crippen MR) is 57.6 cm³/mol. The fourth-order valence-corrected chi connectivity index (χ4v) is 4.43. The van der Waals surface area contributed by atoms with E-state index in [0.717, 1.165) is 16.3 Å². The van der Waals surface area contributed by atoms with Gasteiger partial charge in [-0.05, 0) is 0 Å². The number of hydrogen-bond donors (Lipinski definition) is 1. The molecule has 0 aromatic carbocycles. The van der Waals surface area contributed by atoms with Crippen LogP contribution in [0.3, 0.4) is 0 Å². The van der Waals surface area contributed by atoms with Gasteiger partial charge in [-0.15, -0.1) is 0 Å². The van der Waals surface area contributed by atoms with Crippen LogP contribution in [0, 0.1) is 5.41 Å². The fraction of sp³-hybridized carbons (Fsp3) is 0.333. The molecular weight excluding hydrogens is 310 g/mol. The summed E-state index contributed by atoms with van der Waals surface area (Å²) in [6.07, 6.45) is 0. The number of nitrogens with zero attached hydrogens (tertiary/aromatic N) is 1. The molecule has 1 aliphatic heterocycles. The summed E-state index contributed by atoms with van der Waals surface area (Å²) < 4.78 is 1.63. The summed E-state index contributed by atoms with van der Waals surface area (Å²) in [6, 6.07) is 3.86. The standard InChI is InChI=1S/C9H10N2OSe2/c10-9-11(3-5-14-9)6-7(12)8-2-1-4-13-8/h1-2,4,10H,3,5-6H2. The molecule has 5 heteroatoms. The average Bonchev–Trinajstić information content (AvgIpc) is 2.77. The van der Waals surface area contributed by atoms with Crippen molar-refractivity contribution in [3.63, 3.8) is 0 Å². The minimum atomic E-state index is 0.206. The number of nitrogens with one attached hydrogen (secondary N) is 1. The van der Waals surface area contributed by atoms with Gasteiger partial charge in [0.15, 0.2) is 0 Å². The monoisotopic (exact) mass is 322 g/mol. The zero-order valence-electron chi connectivity index (χ0n) is 7.53. The van der Waals surface area contributed by atoms with Crippen LogP contribution in [0.25, 0.3) is 0 Å². The number of carbonyl (C=O) groups is 1. The summed E-state index contributed by atoms with van der Waals surface area (Å²) in [5.41, 5.74) is 0. The number of Topliss-reactive ketones (excluding diaryl/α,β-unsaturated/α-hetero) is 1. The number of rotatable bonds is 3. The first-order valence-corrected chi connectivity index (χ1v) is 8.22. The van der Waals surface area contributed by atoms with E-state index in [2.05, 4.69) is 4.94 Å². The molecule has 2 rings (SSSR count). The first kappa shape index (κ1) is 10.2. The number of hydrogen-bond acceptors (Lipinski definition) is 2. The van der Waals surface area contributed by atoms with Crippen LogP contribution in [-0.2, 0) is 0 Å². The van der Waals surface area contributed by atoms with Gasteiger partial charge in [-0.25, -0.2) is 0 Å². The number of ketones is 1. The van der Waals surface area contributed by atoms with Gasteiger partial charge in [-0.3, -0.25) is 0 Å². The Labute approximate surface area is 94.9 Å². The van der Waals surface area contributed by atoms with E-state index in [-0.39, 0.29) is 20.3 Å². The van der Waals surface area contributed by atoms with Crippen LogP contribution in [0.5, 0.6) is 0 Å². The van der Waals surface area contributed by atoms with Gasteiger partial charge >= 0.3 is 95.0 Å². The van der Waals surface area contributed by atoms with Crippen molar-refractivity contribution in [2.24, 2.45) is 0 Å². The quantitative estimate of drug-likeness (QED) is 0.643. The molecule has 0 atom stereocenters. The van der Waals surface area contributed by atoms with Crippen molar-refractivity contribution in [3.8, 4) is 0 Å². The van der Waals surface area contributed by atoms with E-state index in [4.69, 9.17) is 5.41 Å². The first-order chi connectivity index (χ1) is 6.77. The maximum absolute atomic E-state index is 11.7. The van der Waals surface area contributed by atoms with Crippen molar-refractivity contribution >= 4 is 40.0 Å². The summed E-state index contributed by atoms with van der Waals surface area (Å²) in [4.78, 5) is 15.7. The first-order valence-electron chi connectivity index (χ1n) is 4.30. The Hall–Kier alpha value is -0.341. The van der Waals surface area contributed by atoms with Gasteiger partial charge in [0.05, 0.1) is 0 Å². The predicted octanol–water partition coefficient (Wildman–Crippen LogP) is 0.299. The van der Waals surface area contributed by atoms with E-state index in [1.807, 2.05) is 17.0 Å². The molecule has 0 aliphatic carbocycles. The van der Waals surface area contributed by atoms with Gasteiger partial charge in [0.25, 0.3) is 0 Å². The summed E-state index contributed by atoms with van der Waals surface area (Å²) in [5, 5.41) is 8.73. The third-order valence-corrected chi connectivity index (χ3v) is 5.86. The average molecular weight is 320 g/mol. The van der Waals surface area contributed by atoms with E-state index in [1.165, 1.54) is 0 Å². The Balaban J connectivity index is 1.98. The van der Waals surface area contributed by atoms with Crippen LogP contribution in [0.4, 0.5) is 0 Å². The molecule has 14 heavy (non-hydrogen) atoms. The summed E-state index contributed by atoms with van der Waals surface area (Å²) >= 11 is 0.553. The van der Waals surface area contributed by atoms with E-state index < -0.39 is 0 Å². The molecule has 0 amide bonds. The molecule has 1 aliphatic rings. The molecule has 1 aromatic rings. The second-order valence-electron chi connectivity index (χ2n) is 2.98. The van der Waals surface area contributed by atoms with Gasteiger partial charge in [0, 0.05) is 0 Å². The van der Waals surface area contributed by atoms with Gasteiger partial charge in [-0.2, -0.15) is 0 Å². The third-order valence-electron chi connectivity index (χ3n) is 2.02. The van der Waals surface area contributed by atoms with E-state index >= 15 is 0 Å². The molecule has 0 radical (unpaired) electrons. The molecule has 1 N–H and O–H groups in total. The summed E-state index contributed by atoms with van der Waals surface area (Å²) in [5.74, 6) is 0.206. The second kappa shape index (κ2) is 4.45. The van der Waals surface area contributed by atoms with Crippen molar-refractivity contribution < 1.29 is 4.79 Å². The van der Waals surface area contributed by atoms with Crippen molar-refractivity contribution in [2.75, 3.05) is 13.1 Å². The van der Waals surface area contributed by atoms with Crippen molar-refractivity contribution in [1.82, 2.24) is 4.90 Å². The molecule has 1 fully saturated rings.